The molecule has 3 aromatic heterocycles. The summed E-state index contributed by atoms with van der Waals surface area (Å²) in [5.74, 6) is 0. The van der Waals surface area contributed by atoms with Crippen LogP contribution in [0.3, 0.4) is 0 Å². The maximum Gasteiger partial charge on any atom is 0.198 e. The second kappa shape index (κ2) is 12.6. The smallest absolute Gasteiger partial charge is 0.198 e. The molecule has 310 valence electrons. The normalized spacial score (nSPS) is 14.2. The SMILES string of the molecule is CC(C)(C)c1ccc(Nc2cc3oc4cc(C(C)(C)C)ccc4c3cc2-c2ccc3c4c5c(ccc4n4c3c2Bc2cc3oc6ccccc6c3cc2-4)C(C)(C)c2ccccc2-5)cc1. The monoisotopic (exact) mass is 828 g/mol. The minimum Gasteiger partial charge on any atom is -0.456 e. The first kappa shape index (κ1) is 37.6. The quantitative estimate of drug-likeness (QED) is 0.180. The van der Waals surface area contributed by atoms with Crippen LogP contribution < -0.4 is 16.2 Å². The predicted octanol–water partition coefficient (Wildman–Crippen LogP) is 14.6. The Balaban J connectivity index is 1.12. The van der Waals surface area contributed by atoms with Crippen molar-refractivity contribution in [2.24, 2.45) is 0 Å². The van der Waals surface area contributed by atoms with E-state index >= 15 is 0 Å². The summed E-state index contributed by atoms with van der Waals surface area (Å²) in [6.45, 7) is 18.3. The summed E-state index contributed by atoms with van der Waals surface area (Å²) in [4.78, 5) is 0. The van der Waals surface area contributed by atoms with E-state index in [-0.39, 0.29) is 16.2 Å². The van der Waals surface area contributed by atoms with E-state index in [0.29, 0.717) is 0 Å². The third-order valence-electron chi connectivity index (χ3n) is 14.7. The molecule has 11 aromatic rings. The highest BCUT2D eigenvalue weighted by Gasteiger charge is 2.38. The molecule has 64 heavy (non-hydrogen) atoms. The summed E-state index contributed by atoms with van der Waals surface area (Å²) in [6.07, 6.45) is 0. The Morgan fingerprint density at radius 3 is 2.02 bits per heavy atom. The van der Waals surface area contributed by atoms with Gasteiger partial charge in [0.05, 0.1) is 11.2 Å². The lowest BCUT2D eigenvalue weighted by Crippen LogP contribution is -2.37. The summed E-state index contributed by atoms with van der Waals surface area (Å²) in [5, 5.41) is 11.1. The van der Waals surface area contributed by atoms with Crippen molar-refractivity contribution in [3.8, 4) is 27.9 Å². The number of rotatable bonds is 3. The maximum absolute atomic E-state index is 6.76. The minimum absolute atomic E-state index is 0.00295. The average Bonchev–Trinajstić information content (AvgIpc) is 3.99. The van der Waals surface area contributed by atoms with Gasteiger partial charge in [0.25, 0.3) is 0 Å². The van der Waals surface area contributed by atoms with Crippen molar-refractivity contribution in [3.05, 3.63) is 162 Å². The third-order valence-corrected chi connectivity index (χ3v) is 14.7. The highest BCUT2D eigenvalue weighted by atomic mass is 16.3. The molecule has 1 N–H and O–H groups in total. The van der Waals surface area contributed by atoms with Crippen LogP contribution in [0, 0.1) is 0 Å². The second-order valence-electron chi connectivity index (χ2n) is 21.0. The Bertz CT molecular complexity index is 3820. The van der Waals surface area contributed by atoms with Gasteiger partial charge in [0.2, 0.25) is 0 Å². The van der Waals surface area contributed by atoms with E-state index < -0.39 is 0 Å². The van der Waals surface area contributed by atoms with Crippen molar-refractivity contribution < 1.29 is 8.83 Å². The Labute approximate surface area is 373 Å². The summed E-state index contributed by atoms with van der Waals surface area (Å²) in [6, 6.07) is 52.0. The number of anilines is 2. The number of hydrogen-bond acceptors (Lipinski definition) is 3. The molecule has 0 bridgehead atoms. The zero-order chi connectivity index (χ0) is 43.6. The van der Waals surface area contributed by atoms with Crippen LogP contribution in [-0.2, 0) is 16.2 Å². The first-order valence-electron chi connectivity index (χ1n) is 22.8. The molecule has 1 aliphatic heterocycles. The number of hydrogen-bond donors (Lipinski definition) is 1. The first-order valence-corrected chi connectivity index (χ1v) is 22.8. The maximum atomic E-state index is 6.76. The largest absolute Gasteiger partial charge is 0.456 e. The summed E-state index contributed by atoms with van der Waals surface area (Å²) in [5.41, 5.74) is 22.3. The molecule has 0 spiro atoms. The molecule has 0 atom stereocenters. The number of fused-ring (bicyclic) bond motifs is 15. The van der Waals surface area contributed by atoms with Gasteiger partial charge in [-0.05, 0) is 104 Å². The molecular formula is C59H49BN2O2. The van der Waals surface area contributed by atoms with Crippen molar-refractivity contribution in [2.75, 3.05) is 5.32 Å². The fraction of sp³-hybridized carbons (Fsp3) is 0.186. The van der Waals surface area contributed by atoms with E-state index in [1.54, 1.807) is 0 Å². The lowest BCUT2D eigenvalue weighted by Gasteiger charge is -2.24. The lowest BCUT2D eigenvalue weighted by molar-refractivity contribution is 0.587. The summed E-state index contributed by atoms with van der Waals surface area (Å²) < 4.78 is 15.9. The van der Waals surface area contributed by atoms with Crippen molar-refractivity contribution in [2.45, 2.75) is 71.6 Å². The Kier molecular flexibility index (Phi) is 7.40. The molecular weight excluding hydrogens is 779 g/mol. The number of nitrogens with one attached hydrogen (secondary N) is 1. The topological polar surface area (TPSA) is 43.2 Å². The van der Waals surface area contributed by atoms with Gasteiger partial charge in [0.15, 0.2) is 7.28 Å². The van der Waals surface area contributed by atoms with Crippen LogP contribution in [0.4, 0.5) is 11.4 Å². The molecule has 13 rings (SSSR count). The Morgan fingerprint density at radius 2 is 1.20 bits per heavy atom. The van der Waals surface area contributed by atoms with Crippen LogP contribution in [0.25, 0.3) is 93.6 Å². The van der Waals surface area contributed by atoms with Crippen LogP contribution in [-0.4, -0.2) is 11.8 Å². The molecule has 0 amide bonds. The molecule has 8 aromatic carbocycles. The molecule has 0 saturated carbocycles. The second-order valence-corrected chi connectivity index (χ2v) is 21.0. The number of nitrogens with zero attached hydrogens (tertiary/aromatic N) is 1. The third kappa shape index (κ3) is 5.18. The van der Waals surface area contributed by atoms with Crippen molar-refractivity contribution in [3.63, 3.8) is 0 Å². The molecule has 1 aliphatic carbocycles. The fourth-order valence-corrected chi connectivity index (χ4v) is 11.3. The molecule has 0 unspecified atom stereocenters. The van der Waals surface area contributed by atoms with Gasteiger partial charge in [0.1, 0.15) is 22.3 Å². The minimum atomic E-state index is -0.112. The highest BCUT2D eigenvalue weighted by molar-refractivity contribution is 6.73. The summed E-state index contributed by atoms with van der Waals surface area (Å²) >= 11 is 0. The summed E-state index contributed by atoms with van der Waals surface area (Å²) in [7, 11) is 0.758. The van der Waals surface area contributed by atoms with Crippen LogP contribution in [0.2, 0.25) is 0 Å². The van der Waals surface area contributed by atoms with Gasteiger partial charge < -0.3 is 18.7 Å². The van der Waals surface area contributed by atoms with E-state index in [4.69, 9.17) is 8.83 Å². The van der Waals surface area contributed by atoms with Crippen LogP contribution in [0.1, 0.15) is 77.6 Å². The molecule has 5 heteroatoms. The van der Waals surface area contributed by atoms with Crippen LogP contribution >= 0.6 is 0 Å². The van der Waals surface area contributed by atoms with Crippen molar-refractivity contribution in [1.82, 2.24) is 4.57 Å². The van der Waals surface area contributed by atoms with Crippen LogP contribution in [0.5, 0.6) is 0 Å². The zero-order valence-corrected chi connectivity index (χ0v) is 37.7. The van der Waals surface area contributed by atoms with E-state index in [9.17, 15) is 0 Å². The van der Waals surface area contributed by atoms with Gasteiger partial charge in [-0.3, -0.25) is 0 Å². The van der Waals surface area contributed by atoms with Crippen LogP contribution in [0.15, 0.2) is 148 Å². The van der Waals surface area contributed by atoms with Crippen molar-refractivity contribution in [1.29, 1.82) is 0 Å². The molecule has 4 nitrogen and oxygen atoms in total. The zero-order valence-electron chi connectivity index (χ0n) is 37.7. The Morgan fingerprint density at radius 1 is 0.531 bits per heavy atom. The average molecular weight is 829 g/mol. The van der Waals surface area contributed by atoms with Gasteiger partial charge in [0, 0.05) is 66.3 Å². The Hall–Kier alpha value is -6.98. The van der Waals surface area contributed by atoms with E-state index in [1.807, 2.05) is 0 Å². The molecule has 0 saturated heterocycles. The van der Waals surface area contributed by atoms with Gasteiger partial charge in [-0.15, -0.1) is 0 Å². The highest BCUT2D eigenvalue weighted by Crippen LogP contribution is 2.54. The van der Waals surface area contributed by atoms with Gasteiger partial charge >= 0.3 is 0 Å². The molecule has 2 aliphatic rings. The first-order chi connectivity index (χ1) is 30.7. The predicted molar refractivity (Wildman–Crippen MR) is 272 cm³/mol. The van der Waals surface area contributed by atoms with Gasteiger partial charge in [-0.1, -0.05) is 146 Å². The number of aromatic nitrogens is 1. The van der Waals surface area contributed by atoms with E-state index in [1.165, 1.54) is 77.4 Å². The molecule has 4 heterocycles. The van der Waals surface area contributed by atoms with E-state index in [0.717, 1.165) is 68.1 Å². The molecule has 0 radical (unpaired) electrons. The molecule has 0 fully saturated rings. The number of benzene rings is 8. The van der Waals surface area contributed by atoms with Gasteiger partial charge in [-0.25, -0.2) is 0 Å². The standard InChI is InChI=1S/C59H49BN2O2/c1-57(2,3)32-17-20-34(21-18-32)61-46-31-52-41(36-22-19-33(58(4,5)6)27-50(36)64-52)28-40(46)37-23-24-39-54-47(26-25-44-53(54)38-14-9-11-15-43(38)59(44,7)8)62-48-29-42-35-13-10-12-16-49(35)63-51(42)30-45(48)60-55(37)56(39)62/h9-31,60-61H,1-8H3. The lowest BCUT2D eigenvalue weighted by atomic mass is 9.59. The van der Waals surface area contributed by atoms with E-state index in [2.05, 4.69) is 205 Å². The van der Waals surface area contributed by atoms with Crippen molar-refractivity contribution >= 4 is 95.3 Å². The fourth-order valence-electron chi connectivity index (χ4n) is 11.3. The number of para-hydroxylation sites is 1. The van der Waals surface area contributed by atoms with Gasteiger partial charge in [-0.2, -0.15) is 0 Å². The number of furan rings is 2.